The van der Waals surface area contributed by atoms with Crippen LogP contribution in [-0.2, 0) is 21.0 Å². The molecule has 0 spiro atoms. The number of nitrogens with one attached hydrogen (secondary N) is 3. The summed E-state index contributed by atoms with van der Waals surface area (Å²) < 4.78 is 0. The van der Waals surface area contributed by atoms with Gasteiger partial charge in [-0.25, -0.2) is 5.48 Å². The van der Waals surface area contributed by atoms with Gasteiger partial charge in [-0.15, -0.1) is 0 Å². The molecule has 1 saturated heterocycles. The summed E-state index contributed by atoms with van der Waals surface area (Å²) in [7, 11) is 0. The fraction of sp³-hybridized carbons (Fsp3) is 0.600. The van der Waals surface area contributed by atoms with Gasteiger partial charge < -0.3 is 10.6 Å². The highest BCUT2D eigenvalue weighted by atomic mass is 16.6. The molecule has 6 heteroatoms. The maximum Gasteiger partial charge on any atom is 0.244 e. The molecule has 1 aromatic rings. The lowest BCUT2D eigenvalue weighted by Gasteiger charge is -2.27. The summed E-state index contributed by atoms with van der Waals surface area (Å²) in [4.78, 5) is 30.3. The summed E-state index contributed by atoms with van der Waals surface area (Å²) in [5.74, 6) is -0.370. The average molecular weight is 361 g/mol. The lowest BCUT2D eigenvalue weighted by Crippen LogP contribution is -2.54. The predicted molar refractivity (Wildman–Crippen MR) is 101 cm³/mol. The van der Waals surface area contributed by atoms with Gasteiger partial charge in [0.1, 0.15) is 0 Å². The molecule has 2 rings (SSSR count). The number of unbranched alkanes of at least 4 members (excludes halogenated alkanes) is 2. The number of ketones is 1. The minimum Gasteiger partial charge on any atom is -0.313 e. The minimum atomic E-state index is -0.265. The predicted octanol–water partition coefficient (Wildman–Crippen LogP) is 1.95. The summed E-state index contributed by atoms with van der Waals surface area (Å²) in [6.07, 6.45) is 4.06. The molecule has 1 unspecified atom stereocenters. The Hall–Kier alpha value is -1.76. The second kappa shape index (κ2) is 11.8. The zero-order valence-corrected chi connectivity index (χ0v) is 15.6. The molecule has 2 atom stereocenters. The fourth-order valence-corrected chi connectivity index (χ4v) is 3.16. The summed E-state index contributed by atoms with van der Waals surface area (Å²) in [6.45, 7) is 4.74. The number of carbonyl (C=O) groups excluding carboxylic acids is 2. The van der Waals surface area contributed by atoms with Crippen molar-refractivity contribution >= 4 is 11.7 Å². The number of carbonyl (C=O) groups is 2. The number of piperazine rings is 1. The molecule has 0 saturated carbocycles. The summed E-state index contributed by atoms with van der Waals surface area (Å²) in [6, 6.07) is 9.45. The molecule has 1 aromatic carbocycles. The van der Waals surface area contributed by atoms with E-state index in [1.165, 1.54) is 0 Å². The maximum atomic E-state index is 12.8. The van der Waals surface area contributed by atoms with E-state index < -0.39 is 0 Å². The molecule has 6 nitrogen and oxygen atoms in total. The Morgan fingerprint density at radius 2 is 2.04 bits per heavy atom. The molecular weight excluding hydrogens is 330 g/mol. The Kier molecular flexibility index (Phi) is 9.31. The van der Waals surface area contributed by atoms with Crippen molar-refractivity contribution in [2.45, 2.75) is 51.7 Å². The van der Waals surface area contributed by atoms with Crippen LogP contribution in [0, 0.1) is 5.92 Å². The van der Waals surface area contributed by atoms with Crippen LogP contribution in [0.3, 0.4) is 0 Å². The molecule has 3 N–H and O–H groups in total. The lowest BCUT2D eigenvalue weighted by molar-refractivity contribution is -0.139. The first-order valence-electron chi connectivity index (χ1n) is 9.63. The van der Waals surface area contributed by atoms with E-state index in [9.17, 15) is 9.59 Å². The molecule has 1 amide bonds. The van der Waals surface area contributed by atoms with Crippen molar-refractivity contribution in [3.05, 3.63) is 35.9 Å². The van der Waals surface area contributed by atoms with E-state index in [0.717, 1.165) is 44.3 Å². The van der Waals surface area contributed by atoms with E-state index in [1.54, 1.807) is 0 Å². The summed E-state index contributed by atoms with van der Waals surface area (Å²) >= 11 is 0. The molecule has 0 bridgehead atoms. The van der Waals surface area contributed by atoms with Crippen molar-refractivity contribution < 1.29 is 14.4 Å². The van der Waals surface area contributed by atoms with Crippen LogP contribution >= 0.6 is 0 Å². The molecule has 0 aliphatic carbocycles. The number of rotatable bonds is 11. The van der Waals surface area contributed by atoms with Gasteiger partial charge in [-0.1, -0.05) is 56.5 Å². The second-order valence-electron chi connectivity index (χ2n) is 6.81. The van der Waals surface area contributed by atoms with Crippen molar-refractivity contribution in [2.24, 2.45) is 5.92 Å². The van der Waals surface area contributed by atoms with E-state index in [0.29, 0.717) is 13.2 Å². The Labute approximate surface area is 156 Å². The van der Waals surface area contributed by atoms with Gasteiger partial charge >= 0.3 is 0 Å². The molecular formula is C20H31N3O3. The molecule has 1 fully saturated rings. The molecule has 0 radical (unpaired) electrons. The number of amides is 1. The molecule has 0 aromatic heterocycles. The van der Waals surface area contributed by atoms with Crippen LogP contribution in [0.25, 0.3) is 0 Å². The zero-order chi connectivity index (χ0) is 18.6. The van der Waals surface area contributed by atoms with Gasteiger partial charge in [0.05, 0.1) is 12.6 Å². The van der Waals surface area contributed by atoms with Gasteiger partial charge in [0.25, 0.3) is 0 Å². The Bertz CT molecular complexity index is 544. The molecule has 144 valence electrons. The Balaban J connectivity index is 1.81. The topological polar surface area (TPSA) is 79.5 Å². The third-order valence-corrected chi connectivity index (χ3v) is 4.64. The molecule has 1 heterocycles. The Morgan fingerprint density at radius 1 is 1.23 bits per heavy atom. The van der Waals surface area contributed by atoms with Gasteiger partial charge in [0.2, 0.25) is 5.91 Å². The number of hydrogen-bond donors (Lipinski definition) is 3. The normalized spacial score (nSPS) is 18.3. The van der Waals surface area contributed by atoms with Crippen molar-refractivity contribution in [3.8, 4) is 0 Å². The van der Waals surface area contributed by atoms with E-state index in [4.69, 9.17) is 4.84 Å². The monoisotopic (exact) mass is 361 g/mol. The second-order valence-corrected chi connectivity index (χ2v) is 6.81. The van der Waals surface area contributed by atoms with Crippen LogP contribution in [-0.4, -0.2) is 37.4 Å². The quantitative estimate of drug-likeness (QED) is 0.415. The molecule has 1 aliphatic rings. The first-order chi connectivity index (χ1) is 12.7. The SMILES string of the molecule is CCCCC[C@H](CC(=O)NOCc1ccccc1)C(=O)C1CNCCN1. The first-order valence-corrected chi connectivity index (χ1v) is 9.63. The highest BCUT2D eigenvalue weighted by Crippen LogP contribution is 2.17. The third kappa shape index (κ3) is 7.23. The Morgan fingerprint density at radius 3 is 2.73 bits per heavy atom. The standard InChI is InChI=1S/C20H31N3O3/c1-2-3-5-10-17(20(25)18-14-21-11-12-22-18)13-19(24)23-26-15-16-8-6-4-7-9-16/h4,6-9,17-18,21-22H,2-3,5,10-15H2,1H3,(H,23,24)/t17-,18?/m1/s1. The molecule has 26 heavy (non-hydrogen) atoms. The van der Waals surface area contributed by atoms with Gasteiger partial charge in [-0.05, 0) is 12.0 Å². The average Bonchev–Trinajstić information content (AvgIpc) is 2.68. The van der Waals surface area contributed by atoms with E-state index in [2.05, 4.69) is 23.0 Å². The van der Waals surface area contributed by atoms with Crippen LogP contribution < -0.4 is 16.1 Å². The lowest BCUT2D eigenvalue weighted by atomic mass is 9.89. The van der Waals surface area contributed by atoms with Crippen molar-refractivity contribution in [3.63, 3.8) is 0 Å². The first kappa shape index (κ1) is 20.6. The van der Waals surface area contributed by atoms with Gasteiger partial charge in [-0.2, -0.15) is 0 Å². The highest BCUT2D eigenvalue weighted by molar-refractivity contribution is 5.90. The fourth-order valence-electron chi connectivity index (χ4n) is 3.16. The smallest absolute Gasteiger partial charge is 0.244 e. The van der Waals surface area contributed by atoms with Crippen molar-refractivity contribution in [1.29, 1.82) is 0 Å². The maximum absolute atomic E-state index is 12.8. The van der Waals surface area contributed by atoms with E-state index in [-0.39, 0.29) is 30.1 Å². The highest BCUT2D eigenvalue weighted by Gasteiger charge is 2.29. The molecule has 1 aliphatic heterocycles. The van der Waals surface area contributed by atoms with Gasteiger partial charge in [0, 0.05) is 32.0 Å². The van der Waals surface area contributed by atoms with Crippen LogP contribution in [0.4, 0.5) is 0 Å². The number of benzene rings is 1. The van der Waals surface area contributed by atoms with Crippen LogP contribution in [0.1, 0.15) is 44.6 Å². The van der Waals surface area contributed by atoms with Crippen molar-refractivity contribution in [2.75, 3.05) is 19.6 Å². The minimum absolute atomic E-state index is 0.131. The summed E-state index contributed by atoms with van der Waals surface area (Å²) in [5.41, 5.74) is 3.47. The third-order valence-electron chi connectivity index (χ3n) is 4.64. The van der Waals surface area contributed by atoms with Crippen LogP contribution in [0.2, 0.25) is 0 Å². The van der Waals surface area contributed by atoms with E-state index >= 15 is 0 Å². The van der Waals surface area contributed by atoms with Crippen LogP contribution in [0.5, 0.6) is 0 Å². The largest absolute Gasteiger partial charge is 0.313 e. The van der Waals surface area contributed by atoms with Crippen LogP contribution in [0.15, 0.2) is 30.3 Å². The van der Waals surface area contributed by atoms with Gasteiger partial charge in [0.15, 0.2) is 5.78 Å². The zero-order valence-electron chi connectivity index (χ0n) is 15.6. The van der Waals surface area contributed by atoms with Gasteiger partial charge in [-0.3, -0.25) is 14.4 Å². The van der Waals surface area contributed by atoms with Crippen molar-refractivity contribution in [1.82, 2.24) is 16.1 Å². The number of Topliss-reactive ketones (excluding diaryl/α,β-unsaturated/α-hetero) is 1. The van der Waals surface area contributed by atoms with E-state index in [1.807, 2.05) is 30.3 Å². The summed E-state index contributed by atoms with van der Waals surface area (Å²) in [5, 5.41) is 6.49. The number of hydroxylamine groups is 1. The number of hydrogen-bond acceptors (Lipinski definition) is 5.